The lowest BCUT2D eigenvalue weighted by molar-refractivity contribution is 0.259. The van der Waals surface area contributed by atoms with Gasteiger partial charge < -0.3 is 4.74 Å². The highest BCUT2D eigenvalue weighted by Crippen LogP contribution is 2.33. The molecule has 1 saturated carbocycles. The third-order valence-corrected chi connectivity index (χ3v) is 6.08. The molecule has 152 valence electrons. The molecule has 0 bridgehead atoms. The van der Waals surface area contributed by atoms with Gasteiger partial charge in [-0.15, -0.1) is 10.2 Å². The number of benzene rings is 1. The molecule has 0 unspecified atom stereocenters. The van der Waals surface area contributed by atoms with Crippen molar-refractivity contribution in [3.8, 4) is 17.1 Å². The van der Waals surface area contributed by atoms with Crippen LogP contribution in [0.3, 0.4) is 0 Å². The van der Waals surface area contributed by atoms with Crippen LogP contribution in [0.25, 0.3) is 11.3 Å². The number of ether oxygens (including phenoxy) is 1. The third-order valence-electron chi connectivity index (χ3n) is 6.08. The Bertz CT molecular complexity index is 724. The lowest BCUT2D eigenvalue weighted by Gasteiger charge is -2.27. The van der Waals surface area contributed by atoms with Gasteiger partial charge in [0.15, 0.2) is 0 Å². The van der Waals surface area contributed by atoms with E-state index in [1.165, 1.54) is 38.5 Å². The number of halogens is 1. The van der Waals surface area contributed by atoms with Crippen LogP contribution in [-0.2, 0) is 6.42 Å². The Balaban J connectivity index is 1.55. The second-order valence-corrected chi connectivity index (χ2v) is 8.11. The van der Waals surface area contributed by atoms with Crippen molar-refractivity contribution in [3.05, 3.63) is 41.7 Å². The summed E-state index contributed by atoms with van der Waals surface area (Å²) in [4.78, 5) is 0. The fourth-order valence-corrected chi connectivity index (χ4v) is 4.08. The normalized spacial score (nSPS) is 19.5. The molecule has 28 heavy (non-hydrogen) atoms. The van der Waals surface area contributed by atoms with E-state index in [0.29, 0.717) is 23.7 Å². The van der Waals surface area contributed by atoms with Crippen LogP contribution >= 0.6 is 0 Å². The molecule has 4 heteroatoms. The monoisotopic (exact) mass is 384 g/mol. The lowest BCUT2D eigenvalue weighted by atomic mass is 9.78. The first kappa shape index (κ1) is 20.8. The molecular weight excluding hydrogens is 351 g/mol. The first-order valence-corrected chi connectivity index (χ1v) is 10.9. The summed E-state index contributed by atoms with van der Waals surface area (Å²) in [5.74, 6) is 2.00. The largest absolute Gasteiger partial charge is 0.477 e. The van der Waals surface area contributed by atoms with Crippen LogP contribution in [0, 0.1) is 17.7 Å². The van der Waals surface area contributed by atoms with Crippen LogP contribution in [-0.4, -0.2) is 16.8 Å². The van der Waals surface area contributed by atoms with Crippen LogP contribution in [0.15, 0.2) is 30.3 Å². The fraction of sp³-hybridized carbons (Fsp3) is 0.583. The predicted octanol–water partition coefficient (Wildman–Crippen LogP) is 6.61. The predicted molar refractivity (Wildman–Crippen MR) is 112 cm³/mol. The molecule has 0 atom stereocenters. The Hall–Kier alpha value is -1.97. The Morgan fingerprint density at radius 1 is 1.00 bits per heavy atom. The van der Waals surface area contributed by atoms with Gasteiger partial charge in [-0.25, -0.2) is 4.39 Å². The molecule has 0 saturated heterocycles. The molecule has 0 N–H and O–H groups in total. The molecular formula is C24H33FN2O. The van der Waals surface area contributed by atoms with Crippen molar-refractivity contribution in [3.63, 3.8) is 0 Å². The molecule has 0 aliphatic heterocycles. The van der Waals surface area contributed by atoms with Crippen molar-refractivity contribution in [2.24, 2.45) is 11.8 Å². The van der Waals surface area contributed by atoms with Gasteiger partial charge in [-0.05, 0) is 54.9 Å². The van der Waals surface area contributed by atoms with E-state index in [9.17, 15) is 4.39 Å². The smallest absolute Gasteiger partial charge is 0.233 e. The highest BCUT2D eigenvalue weighted by molar-refractivity contribution is 5.60. The van der Waals surface area contributed by atoms with E-state index in [1.807, 2.05) is 12.1 Å². The van der Waals surface area contributed by atoms with Gasteiger partial charge in [-0.3, -0.25) is 0 Å². The third kappa shape index (κ3) is 5.76. The Labute approximate surface area is 168 Å². The van der Waals surface area contributed by atoms with Crippen LogP contribution in [0.4, 0.5) is 4.39 Å². The summed E-state index contributed by atoms with van der Waals surface area (Å²) in [6.07, 6.45) is 10.9. The van der Waals surface area contributed by atoms with Gasteiger partial charge in [-0.2, -0.15) is 0 Å². The van der Waals surface area contributed by atoms with E-state index >= 15 is 0 Å². The van der Waals surface area contributed by atoms with Crippen molar-refractivity contribution >= 4 is 0 Å². The zero-order valence-electron chi connectivity index (χ0n) is 17.3. The Kier molecular flexibility index (Phi) is 7.81. The second kappa shape index (κ2) is 10.5. The van der Waals surface area contributed by atoms with Gasteiger partial charge in [0.05, 0.1) is 12.3 Å². The first-order chi connectivity index (χ1) is 13.7. The zero-order chi connectivity index (χ0) is 19.8. The van der Waals surface area contributed by atoms with E-state index < -0.39 is 0 Å². The van der Waals surface area contributed by atoms with Crippen LogP contribution in [0.5, 0.6) is 5.88 Å². The van der Waals surface area contributed by atoms with Gasteiger partial charge >= 0.3 is 0 Å². The molecule has 3 nitrogen and oxygen atoms in total. The molecule has 2 aromatic rings. The minimum Gasteiger partial charge on any atom is -0.477 e. The molecule has 1 aromatic heterocycles. The van der Waals surface area contributed by atoms with E-state index in [4.69, 9.17) is 4.74 Å². The second-order valence-electron chi connectivity index (χ2n) is 8.11. The summed E-state index contributed by atoms with van der Waals surface area (Å²) in [6.45, 7) is 5.04. The summed E-state index contributed by atoms with van der Waals surface area (Å²) in [6, 6.07) is 9.07. The summed E-state index contributed by atoms with van der Waals surface area (Å²) >= 11 is 0. The fourth-order valence-electron chi connectivity index (χ4n) is 4.08. The van der Waals surface area contributed by atoms with Crippen molar-refractivity contribution in [2.45, 2.75) is 71.6 Å². The number of unbranched alkanes of at least 4 members (excludes halogenated alkanes) is 1. The SMILES string of the molecule is CCCCOc1ccc(-c2ccc(CC[C@H]3CC[C@H](CC)CC3)cc2F)nn1. The molecule has 1 aromatic carbocycles. The Morgan fingerprint density at radius 2 is 1.79 bits per heavy atom. The van der Waals surface area contributed by atoms with E-state index in [2.05, 4.69) is 24.0 Å². The highest BCUT2D eigenvalue weighted by atomic mass is 19.1. The number of rotatable bonds is 9. The minimum absolute atomic E-state index is 0.221. The van der Waals surface area contributed by atoms with Crippen LogP contribution < -0.4 is 4.74 Å². The Morgan fingerprint density at radius 3 is 2.43 bits per heavy atom. The molecule has 0 radical (unpaired) electrons. The van der Waals surface area contributed by atoms with Crippen LogP contribution in [0.2, 0.25) is 0 Å². The van der Waals surface area contributed by atoms with Gasteiger partial charge in [0.2, 0.25) is 5.88 Å². The van der Waals surface area contributed by atoms with Gasteiger partial charge in [0.25, 0.3) is 0 Å². The molecule has 0 spiro atoms. The van der Waals surface area contributed by atoms with Crippen molar-refractivity contribution in [2.75, 3.05) is 6.61 Å². The maximum atomic E-state index is 14.6. The summed E-state index contributed by atoms with van der Waals surface area (Å²) < 4.78 is 20.2. The van der Waals surface area contributed by atoms with E-state index in [1.54, 1.807) is 18.2 Å². The van der Waals surface area contributed by atoms with Gasteiger partial charge in [0.1, 0.15) is 5.82 Å². The number of hydrogen-bond acceptors (Lipinski definition) is 3. The molecule has 1 aliphatic rings. The number of nitrogens with zero attached hydrogens (tertiary/aromatic N) is 2. The van der Waals surface area contributed by atoms with E-state index in [-0.39, 0.29) is 5.82 Å². The standard InChI is InChI=1S/C24H33FN2O/c1-3-5-16-28-24-15-14-23(26-27-24)21-13-12-20(17-22(21)25)11-10-19-8-6-18(4-2)7-9-19/h12-15,17-19H,3-11,16H2,1-2H3/t18-,19-. The van der Waals surface area contributed by atoms with Crippen molar-refractivity contribution < 1.29 is 9.13 Å². The van der Waals surface area contributed by atoms with Crippen LogP contribution in [0.1, 0.15) is 70.8 Å². The number of aryl methyl sites for hydroxylation is 1. The van der Waals surface area contributed by atoms with E-state index in [0.717, 1.165) is 36.7 Å². The topological polar surface area (TPSA) is 35.0 Å². The van der Waals surface area contributed by atoms with Gasteiger partial charge in [-0.1, -0.05) is 58.4 Å². The van der Waals surface area contributed by atoms with Crippen molar-refractivity contribution in [1.82, 2.24) is 10.2 Å². The molecule has 3 rings (SSSR count). The van der Waals surface area contributed by atoms with Gasteiger partial charge in [0, 0.05) is 11.6 Å². The quantitative estimate of drug-likeness (QED) is 0.456. The summed E-state index contributed by atoms with van der Waals surface area (Å²) in [7, 11) is 0. The molecule has 1 aliphatic carbocycles. The molecule has 1 fully saturated rings. The number of aromatic nitrogens is 2. The lowest BCUT2D eigenvalue weighted by Crippen LogP contribution is -2.14. The maximum Gasteiger partial charge on any atom is 0.233 e. The average molecular weight is 385 g/mol. The summed E-state index contributed by atoms with van der Waals surface area (Å²) in [5.41, 5.74) is 2.12. The molecule has 0 amide bonds. The molecule has 1 heterocycles. The first-order valence-electron chi connectivity index (χ1n) is 10.9. The van der Waals surface area contributed by atoms with Crippen molar-refractivity contribution in [1.29, 1.82) is 0 Å². The summed E-state index contributed by atoms with van der Waals surface area (Å²) in [5, 5.41) is 8.20. The zero-order valence-corrected chi connectivity index (χ0v) is 17.3. The number of hydrogen-bond donors (Lipinski definition) is 0. The highest BCUT2D eigenvalue weighted by Gasteiger charge is 2.19. The minimum atomic E-state index is -0.221. The average Bonchev–Trinajstić information content (AvgIpc) is 2.73. The maximum absolute atomic E-state index is 14.6.